The topological polar surface area (TPSA) is 38.0 Å². The van der Waals surface area contributed by atoms with Gasteiger partial charge in [0.1, 0.15) is 0 Å². The number of hydrogen-bond donors (Lipinski definition) is 2. The molecule has 0 spiro atoms. The second-order valence-electron chi connectivity index (χ2n) is 4.71. The van der Waals surface area contributed by atoms with Crippen molar-refractivity contribution in [1.29, 1.82) is 0 Å². The maximum absolute atomic E-state index is 5.68. The molecule has 2 heteroatoms. The van der Waals surface area contributed by atoms with E-state index in [9.17, 15) is 0 Å². The quantitative estimate of drug-likeness (QED) is 0.471. The molecule has 17 heavy (non-hydrogen) atoms. The third-order valence-corrected chi connectivity index (χ3v) is 3.72. The van der Waals surface area contributed by atoms with Crippen LogP contribution in [0.1, 0.15) is 42.7 Å². The largest absolute Gasteiger partial charge is 0.271 e. The molecule has 0 saturated carbocycles. The molecule has 0 saturated heterocycles. The highest BCUT2D eigenvalue weighted by Crippen LogP contribution is 2.34. The Balaban J connectivity index is 2.19. The lowest BCUT2D eigenvalue weighted by Crippen LogP contribution is -2.40. The van der Waals surface area contributed by atoms with Crippen molar-refractivity contribution in [3.8, 4) is 12.3 Å². The first-order valence-corrected chi connectivity index (χ1v) is 6.34. The molecule has 2 rings (SSSR count). The number of aryl methyl sites for hydroxylation is 1. The first-order chi connectivity index (χ1) is 8.36. The number of benzene rings is 1. The summed E-state index contributed by atoms with van der Waals surface area (Å²) in [4.78, 5) is 0. The summed E-state index contributed by atoms with van der Waals surface area (Å²) >= 11 is 0. The van der Waals surface area contributed by atoms with Crippen LogP contribution >= 0.6 is 0 Å². The molecule has 0 aliphatic heterocycles. The number of terminal acetylenes is 1. The molecule has 0 radical (unpaired) electrons. The fourth-order valence-corrected chi connectivity index (χ4v) is 2.85. The number of hydrazine groups is 1. The van der Waals surface area contributed by atoms with Gasteiger partial charge in [0.2, 0.25) is 0 Å². The van der Waals surface area contributed by atoms with Crippen molar-refractivity contribution < 1.29 is 0 Å². The Morgan fingerprint density at radius 1 is 1.47 bits per heavy atom. The molecule has 2 nitrogen and oxygen atoms in total. The minimum absolute atomic E-state index is 0.299. The van der Waals surface area contributed by atoms with E-state index in [1.165, 1.54) is 30.4 Å². The maximum Gasteiger partial charge on any atom is 0.0288 e. The summed E-state index contributed by atoms with van der Waals surface area (Å²) < 4.78 is 0. The molecule has 90 valence electrons. The van der Waals surface area contributed by atoms with E-state index in [1.54, 1.807) is 0 Å². The lowest BCUT2D eigenvalue weighted by molar-refractivity contribution is 0.381. The molecular formula is C15H20N2. The Bertz CT molecular complexity index is 406. The molecule has 1 aliphatic rings. The number of fused-ring (bicyclic) bond motifs is 1. The molecule has 1 aromatic carbocycles. The Labute approximate surface area is 104 Å². The fourth-order valence-electron chi connectivity index (χ4n) is 2.85. The maximum atomic E-state index is 5.68. The summed E-state index contributed by atoms with van der Waals surface area (Å²) in [6.45, 7) is 0. The van der Waals surface area contributed by atoms with Crippen LogP contribution in [0, 0.1) is 12.3 Å². The minimum Gasteiger partial charge on any atom is -0.271 e. The van der Waals surface area contributed by atoms with Gasteiger partial charge < -0.3 is 0 Å². The third-order valence-electron chi connectivity index (χ3n) is 3.72. The zero-order valence-corrected chi connectivity index (χ0v) is 10.2. The Kier molecular flexibility index (Phi) is 4.19. The number of nitrogens with two attached hydrogens (primary N) is 1. The van der Waals surface area contributed by atoms with E-state index >= 15 is 0 Å². The van der Waals surface area contributed by atoms with Gasteiger partial charge in [0.05, 0.1) is 0 Å². The van der Waals surface area contributed by atoms with E-state index < -0.39 is 0 Å². The van der Waals surface area contributed by atoms with E-state index in [4.69, 9.17) is 12.3 Å². The van der Waals surface area contributed by atoms with E-state index in [0.717, 1.165) is 12.8 Å². The molecule has 0 aromatic heterocycles. The van der Waals surface area contributed by atoms with Crippen molar-refractivity contribution in [2.75, 3.05) is 0 Å². The first-order valence-electron chi connectivity index (χ1n) is 6.34. The fraction of sp³-hybridized carbons (Fsp3) is 0.467. The van der Waals surface area contributed by atoms with Crippen molar-refractivity contribution in [3.05, 3.63) is 35.4 Å². The van der Waals surface area contributed by atoms with Crippen LogP contribution in [0.25, 0.3) is 0 Å². The predicted molar refractivity (Wildman–Crippen MR) is 71.3 cm³/mol. The van der Waals surface area contributed by atoms with Gasteiger partial charge in [0, 0.05) is 18.4 Å². The molecule has 1 aromatic rings. The van der Waals surface area contributed by atoms with Crippen LogP contribution in [0.4, 0.5) is 0 Å². The van der Waals surface area contributed by atoms with E-state index in [-0.39, 0.29) is 0 Å². The van der Waals surface area contributed by atoms with Crippen LogP contribution in [-0.4, -0.2) is 6.04 Å². The molecule has 1 aliphatic carbocycles. The van der Waals surface area contributed by atoms with Gasteiger partial charge in [0.15, 0.2) is 0 Å². The molecule has 0 fully saturated rings. The van der Waals surface area contributed by atoms with Gasteiger partial charge in [0.25, 0.3) is 0 Å². The lowest BCUT2D eigenvalue weighted by Gasteiger charge is -2.31. The molecule has 3 N–H and O–H groups in total. The third kappa shape index (κ3) is 2.69. The zero-order valence-electron chi connectivity index (χ0n) is 10.2. The molecule has 2 atom stereocenters. The van der Waals surface area contributed by atoms with Gasteiger partial charge in [-0.15, -0.1) is 12.3 Å². The summed E-state index contributed by atoms with van der Waals surface area (Å²) in [5.74, 6) is 8.90. The normalized spacial score (nSPS) is 20.4. The Hall–Kier alpha value is -1.30. The van der Waals surface area contributed by atoms with Crippen molar-refractivity contribution in [3.63, 3.8) is 0 Å². The second-order valence-corrected chi connectivity index (χ2v) is 4.71. The van der Waals surface area contributed by atoms with Crippen LogP contribution in [0.15, 0.2) is 24.3 Å². The van der Waals surface area contributed by atoms with Crippen LogP contribution in [0.3, 0.4) is 0 Å². The van der Waals surface area contributed by atoms with Gasteiger partial charge in [-0.05, 0) is 36.8 Å². The molecule has 0 amide bonds. The van der Waals surface area contributed by atoms with E-state index in [2.05, 4.69) is 35.6 Å². The summed E-state index contributed by atoms with van der Waals surface area (Å²) in [5.41, 5.74) is 5.89. The zero-order chi connectivity index (χ0) is 12.1. The number of hydrogen-bond acceptors (Lipinski definition) is 2. The van der Waals surface area contributed by atoms with Crippen molar-refractivity contribution in [2.24, 2.45) is 5.84 Å². The van der Waals surface area contributed by atoms with Crippen LogP contribution in [0.2, 0.25) is 0 Å². The lowest BCUT2D eigenvalue weighted by atomic mass is 9.78. The predicted octanol–water partition coefficient (Wildman–Crippen LogP) is 2.35. The average molecular weight is 228 g/mol. The van der Waals surface area contributed by atoms with Crippen molar-refractivity contribution in [2.45, 2.75) is 44.1 Å². The van der Waals surface area contributed by atoms with Gasteiger partial charge in [-0.3, -0.25) is 11.3 Å². The van der Waals surface area contributed by atoms with Crippen LogP contribution in [-0.2, 0) is 6.42 Å². The van der Waals surface area contributed by atoms with Gasteiger partial charge >= 0.3 is 0 Å². The summed E-state index contributed by atoms with van der Waals surface area (Å²) in [5, 5.41) is 0. The van der Waals surface area contributed by atoms with Crippen molar-refractivity contribution in [1.82, 2.24) is 5.43 Å². The highest BCUT2D eigenvalue weighted by molar-refractivity contribution is 5.33. The van der Waals surface area contributed by atoms with Crippen molar-refractivity contribution >= 4 is 0 Å². The summed E-state index contributed by atoms with van der Waals surface area (Å²) in [7, 11) is 0. The van der Waals surface area contributed by atoms with Crippen LogP contribution in [0.5, 0.6) is 0 Å². The standard InChI is InChI=1S/C15H20N2/c1-2-3-11-15(17-16)14-10-6-8-12-7-4-5-9-13(12)14/h1,4-5,7,9,14-15,17H,3,6,8,10-11,16H2. The average Bonchev–Trinajstić information content (AvgIpc) is 2.40. The van der Waals surface area contributed by atoms with Crippen LogP contribution < -0.4 is 11.3 Å². The second kappa shape index (κ2) is 5.86. The Morgan fingerprint density at radius 2 is 2.29 bits per heavy atom. The van der Waals surface area contributed by atoms with Gasteiger partial charge in [-0.2, -0.15) is 0 Å². The minimum atomic E-state index is 0.299. The summed E-state index contributed by atoms with van der Waals surface area (Å²) in [6, 6.07) is 9.00. The molecule has 2 unspecified atom stereocenters. The monoisotopic (exact) mass is 228 g/mol. The molecular weight excluding hydrogens is 208 g/mol. The van der Waals surface area contributed by atoms with Gasteiger partial charge in [-0.25, -0.2) is 0 Å². The SMILES string of the molecule is C#CCCC(NN)C1CCCc2ccccc21. The summed E-state index contributed by atoms with van der Waals surface area (Å²) in [6.07, 6.45) is 10.7. The van der Waals surface area contributed by atoms with Gasteiger partial charge in [-0.1, -0.05) is 24.3 Å². The first kappa shape index (κ1) is 12.2. The van der Waals surface area contributed by atoms with E-state index in [0.29, 0.717) is 12.0 Å². The highest BCUT2D eigenvalue weighted by atomic mass is 15.2. The highest BCUT2D eigenvalue weighted by Gasteiger charge is 2.26. The van der Waals surface area contributed by atoms with E-state index in [1.807, 2.05) is 0 Å². The number of rotatable bonds is 4. The molecule has 0 heterocycles. The Morgan fingerprint density at radius 3 is 3.06 bits per heavy atom. The molecule has 0 bridgehead atoms. The smallest absolute Gasteiger partial charge is 0.0288 e. The number of nitrogens with one attached hydrogen (secondary N) is 1.